The number of pyridine rings is 1. The minimum Gasteiger partial charge on any atom is -0.328 e. The number of amides is 1. The Morgan fingerprint density at radius 2 is 1.80 bits per heavy atom. The van der Waals surface area contributed by atoms with Crippen LogP contribution in [0, 0.1) is 6.92 Å². The highest BCUT2D eigenvalue weighted by molar-refractivity contribution is 6.39. The van der Waals surface area contributed by atoms with Crippen LogP contribution in [0.3, 0.4) is 0 Å². The van der Waals surface area contributed by atoms with Crippen molar-refractivity contribution in [3.8, 4) is 0 Å². The zero-order valence-electron chi connectivity index (χ0n) is 17.3. The SMILES string of the molecule is Cc1cn(Cc2ccccc2)c2ncc(C(=O)Nc3ccc(C(C)C)cc3)c(Cl)c12. The topological polar surface area (TPSA) is 46.9 Å². The number of carbonyl (C=O) groups excluding carboxylic acids is 1. The predicted octanol–water partition coefficient (Wildman–Crippen LogP) is 6.42. The molecule has 0 spiro atoms. The largest absolute Gasteiger partial charge is 0.328 e. The van der Waals surface area contributed by atoms with Crippen LogP contribution in [0.15, 0.2) is 67.0 Å². The molecule has 0 aliphatic rings. The van der Waals surface area contributed by atoms with Gasteiger partial charge in [0.05, 0.1) is 10.6 Å². The van der Waals surface area contributed by atoms with Crippen LogP contribution < -0.4 is 5.32 Å². The molecule has 0 atom stereocenters. The Kier molecular flexibility index (Phi) is 5.60. The summed E-state index contributed by atoms with van der Waals surface area (Å²) in [4.78, 5) is 17.4. The maximum atomic E-state index is 12.9. The van der Waals surface area contributed by atoms with E-state index in [1.54, 1.807) is 6.20 Å². The first-order valence-corrected chi connectivity index (χ1v) is 10.4. The Morgan fingerprint density at radius 1 is 1.10 bits per heavy atom. The van der Waals surface area contributed by atoms with Crippen LogP contribution >= 0.6 is 11.6 Å². The fourth-order valence-electron chi connectivity index (χ4n) is 3.62. The summed E-state index contributed by atoms with van der Waals surface area (Å²) in [5, 5.41) is 4.17. The Balaban J connectivity index is 1.63. The second-order valence-corrected chi connectivity index (χ2v) is 8.22. The summed E-state index contributed by atoms with van der Waals surface area (Å²) < 4.78 is 2.07. The molecule has 0 unspecified atom stereocenters. The van der Waals surface area contributed by atoms with E-state index in [9.17, 15) is 4.79 Å². The van der Waals surface area contributed by atoms with Gasteiger partial charge in [0, 0.05) is 30.0 Å². The summed E-state index contributed by atoms with van der Waals surface area (Å²) in [6.45, 7) is 6.97. The van der Waals surface area contributed by atoms with E-state index in [1.807, 2.05) is 55.6 Å². The highest BCUT2D eigenvalue weighted by Crippen LogP contribution is 2.31. The monoisotopic (exact) mass is 417 g/mol. The van der Waals surface area contributed by atoms with Crippen molar-refractivity contribution in [1.29, 1.82) is 0 Å². The van der Waals surface area contributed by atoms with Gasteiger partial charge in [-0.25, -0.2) is 4.98 Å². The third-order valence-corrected chi connectivity index (χ3v) is 5.68. The number of hydrogen-bond acceptors (Lipinski definition) is 2. The fraction of sp³-hybridized carbons (Fsp3) is 0.200. The summed E-state index contributed by atoms with van der Waals surface area (Å²) in [6, 6.07) is 18.1. The van der Waals surface area contributed by atoms with Crippen LogP contribution in [0.1, 0.15) is 46.8 Å². The van der Waals surface area contributed by atoms with Gasteiger partial charge in [-0.3, -0.25) is 4.79 Å². The van der Waals surface area contributed by atoms with Crippen LogP contribution in [0.4, 0.5) is 5.69 Å². The van der Waals surface area contributed by atoms with E-state index in [1.165, 1.54) is 11.1 Å². The minimum absolute atomic E-state index is 0.262. The van der Waals surface area contributed by atoms with Gasteiger partial charge in [0.25, 0.3) is 5.91 Å². The smallest absolute Gasteiger partial charge is 0.258 e. The number of hydrogen-bond donors (Lipinski definition) is 1. The van der Waals surface area contributed by atoms with Gasteiger partial charge in [0.1, 0.15) is 5.65 Å². The van der Waals surface area contributed by atoms with Crippen LogP contribution in [-0.4, -0.2) is 15.5 Å². The van der Waals surface area contributed by atoms with E-state index in [0.29, 0.717) is 23.0 Å². The molecule has 0 saturated carbocycles. The van der Waals surface area contributed by atoms with Crippen LogP contribution in [0.5, 0.6) is 0 Å². The maximum absolute atomic E-state index is 12.9. The summed E-state index contributed by atoms with van der Waals surface area (Å²) in [6.07, 6.45) is 3.59. The number of nitrogens with zero attached hydrogens (tertiary/aromatic N) is 2. The molecule has 4 nitrogen and oxygen atoms in total. The average molecular weight is 418 g/mol. The summed E-state index contributed by atoms with van der Waals surface area (Å²) in [5.41, 5.74) is 5.29. The molecule has 0 bridgehead atoms. The first-order chi connectivity index (χ1) is 14.4. The minimum atomic E-state index is -0.262. The van der Waals surface area contributed by atoms with Crippen molar-refractivity contribution in [2.75, 3.05) is 5.32 Å². The second-order valence-electron chi connectivity index (χ2n) is 7.84. The molecular formula is C25H24ClN3O. The van der Waals surface area contributed by atoms with Crippen LogP contribution in [-0.2, 0) is 6.54 Å². The van der Waals surface area contributed by atoms with Gasteiger partial charge in [-0.1, -0.05) is 67.9 Å². The molecule has 4 rings (SSSR count). The lowest BCUT2D eigenvalue weighted by Gasteiger charge is -2.10. The number of aryl methyl sites for hydroxylation is 1. The molecule has 1 amide bonds. The van der Waals surface area contributed by atoms with E-state index in [-0.39, 0.29) is 5.91 Å². The number of aromatic nitrogens is 2. The van der Waals surface area contributed by atoms with E-state index >= 15 is 0 Å². The van der Waals surface area contributed by atoms with Crippen molar-refractivity contribution in [3.05, 3.63) is 94.3 Å². The molecule has 0 aliphatic carbocycles. The van der Waals surface area contributed by atoms with Crippen molar-refractivity contribution < 1.29 is 4.79 Å². The van der Waals surface area contributed by atoms with Crippen LogP contribution in [0.25, 0.3) is 11.0 Å². The Morgan fingerprint density at radius 3 is 2.47 bits per heavy atom. The lowest BCUT2D eigenvalue weighted by molar-refractivity contribution is 0.102. The molecule has 2 aromatic heterocycles. The molecule has 2 heterocycles. The number of anilines is 1. The van der Waals surface area contributed by atoms with Crippen molar-refractivity contribution in [3.63, 3.8) is 0 Å². The van der Waals surface area contributed by atoms with Gasteiger partial charge in [-0.2, -0.15) is 0 Å². The molecular weight excluding hydrogens is 394 g/mol. The molecule has 5 heteroatoms. The first kappa shape index (κ1) is 20.2. The van der Waals surface area contributed by atoms with E-state index < -0.39 is 0 Å². The predicted molar refractivity (Wildman–Crippen MR) is 124 cm³/mol. The van der Waals surface area contributed by atoms with Crippen molar-refractivity contribution in [1.82, 2.24) is 9.55 Å². The lowest BCUT2D eigenvalue weighted by atomic mass is 10.0. The summed E-state index contributed by atoms with van der Waals surface area (Å²) in [5.74, 6) is 0.181. The molecule has 0 radical (unpaired) electrons. The Bertz CT molecular complexity index is 1190. The summed E-state index contributed by atoms with van der Waals surface area (Å²) >= 11 is 6.68. The third-order valence-electron chi connectivity index (χ3n) is 5.29. The van der Waals surface area contributed by atoms with Gasteiger partial charge < -0.3 is 9.88 Å². The number of rotatable bonds is 5. The first-order valence-electron chi connectivity index (χ1n) is 10.0. The van der Waals surface area contributed by atoms with E-state index in [0.717, 1.165) is 22.3 Å². The number of nitrogens with one attached hydrogen (secondary N) is 1. The number of benzene rings is 2. The normalized spacial score (nSPS) is 11.2. The average Bonchev–Trinajstić information content (AvgIpc) is 3.05. The van der Waals surface area contributed by atoms with Gasteiger partial charge in [0.2, 0.25) is 0 Å². The van der Waals surface area contributed by atoms with Gasteiger partial charge in [-0.05, 0) is 41.7 Å². The highest BCUT2D eigenvalue weighted by Gasteiger charge is 2.18. The molecule has 2 aromatic carbocycles. The third kappa shape index (κ3) is 3.96. The Labute approximate surface area is 181 Å². The van der Waals surface area contributed by atoms with E-state index in [4.69, 9.17) is 11.6 Å². The molecule has 4 aromatic rings. The molecule has 0 aliphatic heterocycles. The van der Waals surface area contributed by atoms with Gasteiger partial charge in [0.15, 0.2) is 0 Å². The number of halogens is 1. The molecule has 1 N–H and O–H groups in total. The molecule has 0 saturated heterocycles. The zero-order valence-corrected chi connectivity index (χ0v) is 18.1. The Hall–Kier alpha value is -3.11. The second kappa shape index (κ2) is 8.33. The number of carbonyl (C=O) groups is 1. The molecule has 30 heavy (non-hydrogen) atoms. The fourth-order valence-corrected chi connectivity index (χ4v) is 3.98. The number of fused-ring (bicyclic) bond motifs is 1. The van der Waals surface area contributed by atoms with Gasteiger partial charge >= 0.3 is 0 Å². The van der Waals surface area contributed by atoms with Crippen LogP contribution in [0.2, 0.25) is 5.02 Å². The lowest BCUT2D eigenvalue weighted by Crippen LogP contribution is -2.13. The molecule has 0 fully saturated rings. The van der Waals surface area contributed by atoms with Gasteiger partial charge in [-0.15, -0.1) is 0 Å². The maximum Gasteiger partial charge on any atom is 0.258 e. The van der Waals surface area contributed by atoms with Crippen molar-refractivity contribution in [2.24, 2.45) is 0 Å². The summed E-state index contributed by atoms with van der Waals surface area (Å²) in [7, 11) is 0. The molecule has 152 valence electrons. The standard InChI is InChI=1S/C25H24ClN3O/c1-16(2)19-9-11-20(12-10-19)28-25(30)21-13-27-24-22(23(21)26)17(3)14-29(24)15-18-7-5-4-6-8-18/h4-14,16H,15H2,1-3H3,(H,28,30). The zero-order chi connectivity index (χ0) is 21.3. The van der Waals surface area contributed by atoms with Crippen molar-refractivity contribution >= 4 is 34.2 Å². The quantitative estimate of drug-likeness (QED) is 0.407. The highest BCUT2D eigenvalue weighted by atomic mass is 35.5. The van der Waals surface area contributed by atoms with E-state index in [2.05, 4.69) is 40.8 Å². The van der Waals surface area contributed by atoms with Crippen molar-refractivity contribution in [2.45, 2.75) is 33.2 Å².